The number of hydrogen-bond donors (Lipinski definition) is 2. The third-order valence-corrected chi connectivity index (χ3v) is 5.06. The molecule has 31 heavy (non-hydrogen) atoms. The van der Waals surface area contributed by atoms with Crippen LogP contribution in [0.1, 0.15) is 26.3 Å². The van der Waals surface area contributed by atoms with Crippen LogP contribution in [0.2, 0.25) is 0 Å². The summed E-state index contributed by atoms with van der Waals surface area (Å²) in [5.41, 5.74) is 2.14. The number of rotatable bonds is 6. The summed E-state index contributed by atoms with van der Waals surface area (Å²) >= 11 is 3.36. The second kappa shape index (κ2) is 9.36. The van der Waals surface area contributed by atoms with Crippen LogP contribution >= 0.6 is 15.9 Å². The van der Waals surface area contributed by atoms with Gasteiger partial charge in [0, 0.05) is 40.7 Å². The zero-order valence-electron chi connectivity index (χ0n) is 16.3. The van der Waals surface area contributed by atoms with E-state index in [1.54, 1.807) is 71.9 Å². The van der Waals surface area contributed by atoms with E-state index in [4.69, 9.17) is 0 Å². The number of hydrogen-bond acceptors (Lipinski definition) is 4. The van der Waals surface area contributed by atoms with Gasteiger partial charge in [0.2, 0.25) is 0 Å². The van der Waals surface area contributed by atoms with E-state index in [1.807, 2.05) is 18.2 Å². The Morgan fingerprint density at radius 1 is 0.968 bits per heavy atom. The van der Waals surface area contributed by atoms with Crippen LogP contribution in [0.4, 0.5) is 5.69 Å². The Bertz CT molecular complexity index is 1220. The van der Waals surface area contributed by atoms with Crippen molar-refractivity contribution in [3.8, 4) is 5.82 Å². The zero-order chi connectivity index (χ0) is 21.6. The summed E-state index contributed by atoms with van der Waals surface area (Å²) in [6.45, 7) is 0.272. The molecule has 0 bridgehead atoms. The lowest BCUT2D eigenvalue weighted by Crippen LogP contribution is -2.25. The number of nitrogens with zero attached hydrogens (tertiary/aromatic N) is 3. The van der Waals surface area contributed by atoms with E-state index >= 15 is 0 Å². The first-order chi connectivity index (χ1) is 15.1. The van der Waals surface area contributed by atoms with Crippen LogP contribution in [-0.4, -0.2) is 26.3 Å². The molecule has 4 rings (SSSR count). The average molecular weight is 476 g/mol. The van der Waals surface area contributed by atoms with Gasteiger partial charge in [-0.05, 0) is 36.4 Å². The van der Waals surface area contributed by atoms with E-state index in [0.717, 1.165) is 10.0 Å². The van der Waals surface area contributed by atoms with Gasteiger partial charge in [0.15, 0.2) is 0 Å². The van der Waals surface area contributed by atoms with Gasteiger partial charge in [0.05, 0.1) is 11.3 Å². The van der Waals surface area contributed by atoms with Gasteiger partial charge in [-0.2, -0.15) is 0 Å². The van der Waals surface area contributed by atoms with Crippen molar-refractivity contribution < 1.29 is 9.59 Å². The SMILES string of the molecule is O=C(Nc1ccccc1C(=O)NCc1cccnc1-n1ccnc1)c1cccc(Br)c1. The van der Waals surface area contributed by atoms with E-state index in [0.29, 0.717) is 22.6 Å². The number of carbonyl (C=O) groups excluding carboxylic acids is 2. The first kappa shape index (κ1) is 20.5. The Hall–Kier alpha value is -3.78. The van der Waals surface area contributed by atoms with E-state index < -0.39 is 0 Å². The fraction of sp³-hybridized carbons (Fsp3) is 0.0435. The maximum Gasteiger partial charge on any atom is 0.255 e. The van der Waals surface area contributed by atoms with Crippen molar-refractivity contribution in [3.05, 3.63) is 107 Å². The topological polar surface area (TPSA) is 88.9 Å². The molecule has 0 atom stereocenters. The third kappa shape index (κ3) is 4.87. The molecule has 0 saturated carbocycles. The predicted molar refractivity (Wildman–Crippen MR) is 121 cm³/mol. The van der Waals surface area contributed by atoms with Gasteiger partial charge < -0.3 is 10.6 Å². The normalized spacial score (nSPS) is 10.5. The largest absolute Gasteiger partial charge is 0.348 e. The zero-order valence-corrected chi connectivity index (χ0v) is 17.9. The van der Waals surface area contributed by atoms with Crippen molar-refractivity contribution in [3.63, 3.8) is 0 Å². The average Bonchev–Trinajstić information content (AvgIpc) is 3.33. The highest BCUT2D eigenvalue weighted by Gasteiger charge is 2.15. The van der Waals surface area contributed by atoms with Crippen LogP contribution in [0.25, 0.3) is 5.82 Å². The molecule has 0 aliphatic heterocycles. The minimum Gasteiger partial charge on any atom is -0.348 e. The van der Waals surface area contributed by atoms with Crippen molar-refractivity contribution in [2.45, 2.75) is 6.54 Å². The molecule has 0 unspecified atom stereocenters. The van der Waals surface area contributed by atoms with Gasteiger partial charge in [-0.15, -0.1) is 0 Å². The lowest BCUT2D eigenvalue weighted by molar-refractivity contribution is 0.0952. The molecular formula is C23H18BrN5O2. The van der Waals surface area contributed by atoms with E-state index in [-0.39, 0.29) is 18.4 Å². The molecular weight excluding hydrogens is 458 g/mol. The molecule has 2 N–H and O–H groups in total. The maximum absolute atomic E-state index is 12.9. The number of nitrogens with one attached hydrogen (secondary N) is 2. The summed E-state index contributed by atoms with van der Waals surface area (Å²) in [6.07, 6.45) is 6.80. The van der Waals surface area contributed by atoms with Crippen molar-refractivity contribution in [2.75, 3.05) is 5.32 Å². The highest BCUT2D eigenvalue weighted by molar-refractivity contribution is 9.10. The van der Waals surface area contributed by atoms with E-state index in [2.05, 4.69) is 36.5 Å². The number of carbonyl (C=O) groups is 2. The van der Waals surface area contributed by atoms with E-state index in [9.17, 15) is 9.59 Å². The number of anilines is 1. The third-order valence-electron chi connectivity index (χ3n) is 4.56. The second-order valence-corrected chi connectivity index (χ2v) is 7.56. The second-order valence-electron chi connectivity index (χ2n) is 6.65. The molecule has 154 valence electrons. The number of halogens is 1. The van der Waals surface area contributed by atoms with Crippen LogP contribution in [0.5, 0.6) is 0 Å². The van der Waals surface area contributed by atoms with Crippen molar-refractivity contribution in [1.29, 1.82) is 0 Å². The van der Waals surface area contributed by atoms with Gasteiger partial charge >= 0.3 is 0 Å². The molecule has 0 aliphatic carbocycles. The van der Waals surface area contributed by atoms with Crippen LogP contribution < -0.4 is 10.6 Å². The minimum absolute atomic E-state index is 0.272. The van der Waals surface area contributed by atoms with Crippen molar-refractivity contribution >= 4 is 33.4 Å². The summed E-state index contributed by atoms with van der Waals surface area (Å²) in [5.74, 6) is 0.0957. The van der Waals surface area contributed by atoms with Gasteiger partial charge in [-0.3, -0.25) is 14.2 Å². The fourth-order valence-electron chi connectivity index (χ4n) is 3.07. The molecule has 2 aromatic heterocycles. The van der Waals surface area contributed by atoms with Crippen molar-refractivity contribution in [1.82, 2.24) is 19.9 Å². The first-order valence-corrected chi connectivity index (χ1v) is 10.3. The molecule has 0 aliphatic rings. The Balaban J connectivity index is 1.50. The molecule has 0 saturated heterocycles. The highest BCUT2D eigenvalue weighted by atomic mass is 79.9. The number of amides is 2. The summed E-state index contributed by atoms with van der Waals surface area (Å²) < 4.78 is 2.59. The smallest absolute Gasteiger partial charge is 0.255 e. The molecule has 0 spiro atoms. The Kier molecular flexibility index (Phi) is 6.18. The summed E-state index contributed by atoms with van der Waals surface area (Å²) in [7, 11) is 0. The molecule has 2 amide bonds. The minimum atomic E-state index is -0.300. The maximum atomic E-state index is 12.9. The van der Waals surface area contributed by atoms with Crippen LogP contribution in [-0.2, 0) is 6.54 Å². The van der Waals surface area contributed by atoms with Crippen LogP contribution in [0.15, 0.2) is 90.1 Å². The quantitative estimate of drug-likeness (QED) is 0.437. The lowest BCUT2D eigenvalue weighted by Gasteiger charge is -2.13. The molecule has 4 aromatic rings. The van der Waals surface area contributed by atoms with Gasteiger partial charge in [0.25, 0.3) is 11.8 Å². The Morgan fingerprint density at radius 2 is 1.84 bits per heavy atom. The molecule has 8 heteroatoms. The summed E-state index contributed by atoms with van der Waals surface area (Å²) in [4.78, 5) is 33.9. The van der Waals surface area contributed by atoms with Gasteiger partial charge in [-0.1, -0.05) is 40.2 Å². The molecule has 7 nitrogen and oxygen atoms in total. The standard InChI is InChI=1S/C23H18BrN5O2/c24-18-7-3-5-16(13-18)22(30)28-20-9-2-1-8-19(20)23(31)27-14-17-6-4-10-26-21(17)29-12-11-25-15-29/h1-13,15H,14H2,(H,27,31)(H,28,30). The van der Waals surface area contributed by atoms with Gasteiger partial charge in [-0.25, -0.2) is 9.97 Å². The molecule has 2 heterocycles. The van der Waals surface area contributed by atoms with Crippen molar-refractivity contribution in [2.24, 2.45) is 0 Å². The summed E-state index contributed by atoms with van der Waals surface area (Å²) in [5, 5.41) is 5.73. The number of para-hydroxylation sites is 1. The lowest BCUT2D eigenvalue weighted by atomic mass is 10.1. The number of pyridine rings is 1. The Labute approximate surface area is 187 Å². The number of imidazole rings is 1. The van der Waals surface area contributed by atoms with Crippen LogP contribution in [0, 0.1) is 0 Å². The summed E-state index contributed by atoms with van der Waals surface area (Å²) in [6, 6.07) is 17.7. The number of benzene rings is 2. The molecule has 0 radical (unpaired) electrons. The molecule has 0 fully saturated rings. The van der Waals surface area contributed by atoms with E-state index in [1.165, 1.54) is 0 Å². The first-order valence-electron chi connectivity index (χ1n) is 9.48. The number of aromatic nitrogens is 3. The Morgan fingerprint density at radius 3 is 2.65 bits per heavy atom. The highest BCUT2D eigenvalue weighted by Crippen LogP contribution is 2.18. The predicted octanol–water partition coefficient (Wildman–Crippen LogP) is 4.21. The monoisotopic (exact) mass is 475 g/mol. The van der Waals surface area contributed by atoms with Crippen LogP contribution in [0.3, 0.4) is 0 Å². The molecule has 2 aromatic carbocycles. The van der Waals surface area contributed by atoms with Gasteiger partial charge in [0.1, 0.15) is 12.1 Å². The fourth-order valence-corrected chi connectivity index (χ4v) is 3.47.